The second kappa shape index (κ2) is 7.61. The first-order chi connectivity index (χ1) is 14.4. The number of benzene rings is 1. The van der Waals surface area contributed by atoms with Crippen LogP contribution in [0.2, 0.25) is 0 Å². The number of pyridine rings is 1. The number of aliphatic hydroxyl groups excluding tert-OH is 1. The number of amides is 1. The Hall–Kier alpha value is -3.70. The maximum Gasteiger partial charge on any atom is 0.285 e. The van der Waals surface area contributed by atoms with Crippen LogP contribution in [0.25, 0.3) is 0 Å². The smallest absolute Gasteiger partial charge is 0.285 e. The first-order valence-electron chi connectivity index (χ1n) is 9.43. The van der Waals surface area contributed by atoms with E-state index in [1.54, 1.807) is 18.1 Å². The van der Waals surface area contributed by atoms with Gasteiger partial charge in [-0.3, -0.25) is 9.48 Å². The Morgan fingerprint density at radius 2 is 1.87 bits per heavy atom. The Balaban J connectivity index is 1.71. The first kappa shape index (κ1) is 19.6. The van der Waals surface area contributed by atoms with Gasteiger partial charge < -0.3 is 10.0 Å². The summed E-state index contributed by atoms with van der Waals surface area (Å²) in [7, 11) is 1.68. The van der Waals surface area contributed by atoms with Crippen LogP contribution in [0.15, 0.2) is 48.8 Å². The standard InChI is InChI=1S/C22H20FN5O2/c1-14(2)27-18-13-26(3)25-19(18)21(29)28(22(27)30)20-17(23)11-16(12-24-20)10-9-15-7-5-4-6-8-15/h4-8,11-14,22,30H,1-3H3. The van der Waals surface area contributed by atoms with Gasteiger partial charge in [-0.05, 0) is 32.0 Å². The fraction of sp³-hybridized carbons (Fsp3) is 0.227. The van der Waals surface area contributed by atoms with Crippen molar-refractivity contribution >= 4 is 17.4 Å². The van der Waals surface area contributed by atoms with Gasteiger partial charge in [-0.2, -0.15) is 5.10 Å². The van der Waals surface area contributed by atoms with E-state index < -0.39 is 18.1 Å². The van der Waals surface area contributed by atoms with Gasteiger partial charge in [0.25, 0.3) is 5.91 Å². The zero-order chi connectivity index (χ0) is 21.4. The molecule has 1 aliphatic heterocycles. The minimum Gasteiger partial charge on any atom is -0.356 e. The molecule has 30 heavy (non-hydrogen) atoms. The van der Waals surface area contributed by atoms with Crippen LogP contribution in [0.3, 0.4) is 0 Å². The minimum atomic E-state index is -1.42. The first-order valence-corrected chi connectivity index (χ1v) is 9.43. The van der Waals surface area contributed by atoms with E-state index in [9.17, 15) is 14.3 Å². The number of rotatable bonds is 2. The second-order valence-corrected chi connectivity index (χ2v) is 7.20. The topological polar surface area (TPSA) is 74.5 Å². The van der Waals surface area contributed by atoms with Gasteiger partial charge >= 0.3 is 0 Å². The van der Waals surface area contributed by atoms with Gasteiger partial charge in [-0.25, -0.2) is 14.3 Å². The third kappa shape index (κ3) is 3.40. The number of aliphatic hydroxyl groups is 1. The van der Waals surface area contributed by atoms with Gasteiger partial charge in [-0.15, -0.1) is 0 Å². The van der Waals surface area contributed by atoms with Crippen LogP contribution in [-0.4, -0.2) is 38.2 Å². The second-order valence-electron chi connectivity index (χ2n) is 7.20. The van der Waals surface area contributed by atoms with Crippen LogP contribution < -0.4 is 9.80 Å². The Labute approximate surface area is 173 Å². The number of aromatic nitrogens is 3. The number of nitrogens with zero attached hydrogens (tertiary/aromatic N) is 5. The van der Waals surface area contributed by atoms with E-state index >= 15 is 0 Å². The number of aryl methyl sites for hydroxylation is 1. The fourth-order valence-corrected chi connectivity index (χ4v) is 3.38. The Morgan fingerprint density at radius 3 is 2.53 bits per heavy atom. The molecule has 2 aromatic heterocycles. The van der Waals surface area contributed by atoms with Crippen LogP contribution in [0, 0.1) is 17.7 Å². The molecule has 152 valence electrons. The average Bonchev–Trinajstić information content (AvgIpc) is 3.09. The van der Waals surface area contributed by atoms with Crippen LogP contribution in [0.1, 0.15) is 35.5 Å². The van der Waals surface area contributed by atoms with Crippen LogP contribution in [0.5, 0.6) is 0 Å². The average molecular weight is 405 g/mol. The zero-order valence-corrected chi connectivity index (χ0v) is 16.7. The van der Waals surface area contributed by atoms with Gasteiger partial charge in [0.15, 0.2) is 17.3 Å². The molecular weight excluding hydrogens is 385 g/mol. The lowest BCUT2D eigenvalue weighted by Crippen LogP contribution is -2.58. The van der Waals surface area contributed by atoms with Gasteiger partial charge in [0.05, 0.1) is 5.69 Å². The van der Waals surface area contributed by atoms with Gasteiger partial charge in [0.2, 0.25) is 6.35 Å². The van der Waals surface area contributed by atoms with E-state index in [1.165, 1.54) is 16.9 Å². The SMILES string of the molecule is CC(C)N1c2cn(C)nc2C(=O)N(c2ncc(C#Cc3ccccc3)cc2F)C1O. The fourth-order valence-electron chi connectivity index (χ4n) is 3.38. The Kier molecular flexibility index (Phi) is 4.98. The van der Waals surface area contributed by atoms with Crippen molar-refractivity contribution < 1.29 is 14.3 Å². The highest BCUT2D eigenvalue weighted by atomic mass is 19.1. The molecule has 8 heteroatoms. The summed E-state index contributed by atoms with van der Waals surface area (Å²) in [5.41, 5.74) is 1.77. The lowest BCUT2D eigenvalue weighted by atomic mass is 10.1. The van der Waals surface area contributed by atoms with E-state index in [-0.39, 0.29) is 17.6 Å². The lowest BCUT2D eigenvalue weighted by Gasteiger charge is -2.42. The number of carbonyl (C=O) groups excluding carboxylic acids is 1. The largest absolute Gasteiger partial charge is 0.356 e. The molecule has 1 amide bonds. The number of hydrogen-bond donors (Lipinski definition) is 1. The summed E-state index contributed by atoms with van der Waals surface area (Å²) >= 11 is 0. The molecule has 0 spiro atoms. The minimum absolute atomic E-state index is 0.130. The van der Waals surface area contributed by atoms with E-state index in [0.717, 1.165) is 10.5 Å². The molecule has 0 fully saturated rings. The molecule has 1 aromatic carbocycles. The van der Waals surface area contributed by atoms with Gasteiger partial charge in [0, 0.05) is 36.6 Å². The maximum absolute atomic E-state index is 14.9. The van der Waals surface area contributed by atoms with Crippen molar-refractivity contribution in [2.75, 3.05) is 9.80 Å². The molecular formula is C22H20FN5O2. The number of hydrogen-bond acceptors (Lipinski definition) is 5. The van der Waals surface area contributed by atoms with Gasteiger partial charge in [0.1, 0.15) is 0 Å². The quantitative estimate of drug-likeness (QED) is 0.663. The third-order valence-electron chi connectivity index (χ3n) is 4.72. The predicted octanol–water partition coefficient (Wildman–Crippen LogP) is 2.51. The summed E-state index contributed by atoms with van der Waals surface area (Å²) in [5, 5.41) is 15.1. The van der Waals surface area contributed by atoms with Crippen molar-refractivity contribution in [2.45, 2.75) is 26.2 Å². The zero-order valence-electron chi connectivity index (χ0n) is 16.7. The van der Waals surface area contributed by atoms with Crippen molar-refractivity contribution in [3.63, 3.8) is 0 Å². The molecule has 7 nitrogen and oxygen atoms in total. The number of anilines is 2. The van der Waals surface area contributed by atoms with Crippen molar-refractivity contribution in [2.24, 2.45) is 7.05 Å². The number of fused-ring (bicyclic) bond motifs is 1. The van der Waals surface area contributed by atoms with E-state index in [0.29, 0.717) is 11.3 Å². The molecule has 0 saturated heterocycles. The number of halogens is 1. The summed E-state index contributed by atoms with van der Waals surface area (Å²) in [6, 6.07) is 10.3. The molecule has 0 radical (unpaired) electrons. The van der Waals surface area contributed by atoms with Crippen LogP contribution in [-0.2, 0) is 7.05 Å². The maximum atomic E-state index is 14.9. The van der Waals surface area contributed by atoms with Crippen LogP contribution in [0.4, 0.5) is 15.9 Å². The monoisotopic (exact) mass is 405 g/mol. The third-order valence-corrected chi connectivity index (χ3v) is 4.72. The molecule has 1 N–H and O–H groups in total. The van der Waals surface area contributed by atoms with Crippen molar-refractivity contribution in [1.82, 2.24) is 14.8 Å². The predicted molar refractivity (Wildman–Crippen MR) is 110 cm³/mol. The van der Waals surface area contributed by atoms with Crippen LogP contribution >= 0.6 is 0 Å². The summed E-state index contributed by atoms with van der Waals surface area (Å²) in [6.07, 6.45) is 1.61. The molecule has 1 aliphatic rings. The molecule has 1 atom stereocenters. The normalized spacial score (nSPS) is 15.8. The van der Waals surface area contributed by atoms with Gasteiger partial charge in [-0.1, -0.05) is 30.0 Å². The molecule has 3 aromatic rings. The number of carbonyl (C=O) groups is 1. The summed E-state index contributed by atoms with van der Waals surface area (Å²) in [4.78, 5) is 19.6. The summed E-state index contributed by atoms with van der Waals surface area (Å²) in [5.74, 6) is 4.13. The molecule has 3 heterocycles. The summed E-state index contributed by atoms with van der Waals surface area (Å²) < 4.78 is 16.4. The lowest BCUT2D eigenvalue weighted by molar-refractivity contribution is 0.0836. The van der Waals surface area contributed by atoms with Crippen molar-refractivity contribution in [1.29, 1.82) is 0 Å². The molecule has 1 unspecified atom stereocenters. The van der Waals surface area contributed by atoms with Crippen molar-refractivity contribution in [3.8, 4) is 11.8 Å². The molecule has 0 aliphatic carbocycles. The Morgan fingerprint density at radius 1 is 1.17 bits per heavy atom. The highest BCUT2D eigenvalue weighted by Gasteiger charge is 2.42. The molecule has 0 bridgehead atoms. The highest BCUT2D eigenvalue weighted by molar-refractivity contribution is 6.10. The van der Waals surface area contributed by atoms with E-state index in [4.69, 9.17) is 0 Å². The molecule has 0 saturated carbocycles. The van der Waals surface area contributed by atoms with Crippen molar-refractivity contribution in [3.05, 3.63) is 71.4 Å². The summed E-state index contributed by atoms with van der Waals surface area (Å²) in [6.45, 7) is 3.72. The Bertz CT molecular complexity index is 1160. The van der Waals surface area contributed by atoms with E-state index in [2.05, 4.69) is 21.9 Å². The van der Waals surface area contributed by atoms with E-state index in [1.807, 2.05) is 44.2 Å². The molecule has 4 rings (SSSR count). The highest BCUT2D eigenvalue weighted by Crippen LogP contribution is 2.34.